The number of carbonyl (C=O) groups excluding carboxylic acids is 2. The summed E-state index contributed by atoms with van der Waals surface area (Å²) < 4.78 is 10.6. The maximum atomic E-state index is 13.3. The van der Waals surface area contributed by atoms with Crippen LogP contribution in [0.3, 0.4) is 0 Å². The Morgan fingerprint density at radius 2 is 1.68 bits per heavy atom. The number of rotatable bonds is 10. The van der Waals surface area contributed by atoms with Crippen molar-refractivity contribution in [2.45, 2.75) is 90.4 Å². The highest BCUT2D eigenvalue weighted by Gasteiger charge is 2.39. The van der Waals surface area contributed by atoms with Crippen LogP contribution in [0.25, 0.3) is 6.08 Å². The van der Waals surface area contributed by atoms with Gasteiger partial charge in [0.05, 0.1) is 12.7 Å². The third kappa shape index (κ3) is 8.44. The summed E-state index contributed by atoms with van der Waals surface area (Å²) in [6.07, 6.45) is 8.53. The molecule has 2 aliphatic carbocycles. The van der Waals surface area contributed by atoms with Gasteiger partial charge < -0.3 is 19.7 Å². The van der Waals surface area contributed by atoms with Crippen LogP contribution in [0.4, 0.5) is 4.79 Å². The average Bonchev–Trinajstić information content (AvgIpc) is 3.73. The van der Waals surface area contributed by atoms with Crippen LogP contribution >= 0.6 is 0 Å². The predicted molar refractivity (Wildman–Crippen MR) is 160 cm³/mol. The Labute approximate surface area is 240 Å². The van der Waals surface area contributed by atoms with E-state index in [1.54, 1.807) is 17.7 Å². The van der Waals surface area contributed by atoms with E-state index in [0.717, 1.165) is 44.2 Å². The number of hydrogen-bond donors (Lipinski definition) is 1. The Kier molecular flexibility index (Phi) is 10.1. The van der Waals surface area contributed by atoms with Crippen LogP contribution in [0.1, 0.15) is 87.7 Å². The first-order valence-corrected chi connectivity index (χ1v) is 14.8. The molecule has 2 aliphatic rings. The van der Waals surface area contributed by atoms with Crippen LogP contribution in [-0.2, 0) is 16.0 Å². The monoisotopic (exact) mass is 546 g/mol. The third-order valence-corrected chi connectivity index (χ3v) is 8.11. The molecule has 0 unspecified atom stereocenters. The Morgan fingerprint density at radius 3 is 2.27 bits per heavy atom. The van der Waals surface area contributed by atoms with Crippen LogP contribution in [0.5, 0.6) is 0 Å². The van der Waals surface area contributed by atoms with Crippen LogP contribution < -0.4 is 5.32 Å². The summed E-state index contributed by atoms with van der Waals surface area (Å²) in [5, 5.41) is 3.85. The van der Waals surface area contributed by atoms with Gasteiger partial charge in [-0.2, -0.15) is 0 Å². The van der Waals surface area contributed by atoms with Crippen LogP contribution in [-0.4, -0.2) is 48.3 Å². The maximum absolute atomic E-state index is 13.3. The van der Waals surface area contributed by atoms with Crippen molar-refractivity contribution < 1.29 is 19.1 Å². The van der Waals surface area contributed by atoms with Crippen LogP contribution in [0.15, 0.2) is 60.2 Å². The van der Waals surface area contributed by atoms with E-state index in [9.17, 15) is 9.59 Å². The fourth-order valence-corrected chi connectivity index (χ4v) is 5.77. The molecule has 0 radical (unpaired) electrons. The highest BCUT2D eigenvalue weighted by Crippen LogP contribution is 2.40. The summed E-state index contributed by atoms with van der Waals surface area (Å²) in [4.78, 5) is 27.0. The smallest absolute Gasteiger partial charge is 0.410 e. The minimum absolute atomic E-state index is 0.139. The molecular formula is C34H46N2O4. The van der Waals surface area contributed by atoms with E-state index < -0.39 is 5.60 Å². The van der Waals surface area contributed by atoms with Crippen LogP contribution in [0.2, 0.25) is 0 Å². The number of carbonyl (C=O) groups is 2. The largest absolute Gasteiger partial charge is 0.465 e. The SMILES string of the molecule is CCC(=Cc1ccccc1)[C@@H]1C[C@H]1NCC1CCC(N(Cc2ccc(C(=O)OC)cc2)C(=O)OC(C)(C)C)CC1. The van der Waals surface area contributed by atoms with Crippen molar-refractivity contribution in [2.75, 3.05) is 13.7 Å². The second-order valence-electron chi connectivity index (χ2n) is 12.3. The molecule has 2 fully saturated rings. The number of hydrogen-bond acceptors (Lipinski definition) is 5. The van der Waals surface area contributed by atoms with Crippen molar-refractivity contribution in [1.82, 2.24) is 10.2 Å². The van der Waals surface area contributed by atoms with Gasteiger partial charge in [0.25, 0.3) is 0 Å². The predicted octanol–water partition coefficient (Wildman–Crippen LogP) is 7.24. The van der Waals surface area contributed by atoms with Crippen molar-refractivity contribution in [3.63, 3.8) is 0 Å². The lowest BCUT2D eigenvalue weighted by Crippen LogP contribution is -2.45. The van der Waals surface area contributed by atoms with Gasteiger partial charge in [-0.3, -0.25) is 0 Å². The normalized spacial score (nSPS) is 22.9. The number of methoxy groups -OCH3 is 1. The fourth-order valence-electron chi connectivity index (χ4n) is 5.77. The van der Waals surface area contributed by atoms with Gasteiger partial charge >= 0.3 is 12.1 Å². The zero-order chi connectivity index (χ0) is 28.7. The molecular weight excluding hydrogens is 500 g/mol. The van der Waals surface area contributed by atoms with Crippen LogP contribution in [0, 0.1) is 11.8 Å². The van der Waals surface area contributed by atoms with Crippen molar-refractivity contribution in [3.8, 4) is 0 Å². The molecule has 0 bridgehead atoms. The molecule has 0 spiro atoms. The summed E-state index contributed by atoms with van der Waals surface area (Å²) in [5.41, 5.74) is 3.75. The summed E-state index contributed by atoms with van der Waals surface area (Å²) in [6, 6.07) is 18.6. The lowest BCUT2D eigenvalue weighted by Gasteiger charge is -2.38. The van der Waals surface area contributed by atoms with E-state index in [1.165, 1.54) is 19.1 Å². The Hall–Kier alpha value is -3.12. The Balaban J connectivity index is 1.30. The second kappa shape index (κ2) is 13.5. The van der Waals surface area contributed by atoms with Gasteiger partial charge in [-0.05, 0) is 101 Å². The highest BCUT2D eigenvalue weighted by molar-refractivity contribution is 5.89. The average molecular weight is 547 g/mol. The van der Waals surface area contributed by atoms with Gasteiger partial charge in [-0.1, -0.05) is 61.0 Å². The number of ether oxygens (including phenoxy) is 2. The summed E-state index contributed by atoms with van der Waals surface area (Å²) in [6.45, 7) is 9.47. The molecule has 0 aliphatic heterocycles. The molecule has 0 heterocycles. The topological polar surface area (TPSA) is 67.9 Å². The molecule has 40 heavy (non-hydrogen) atoms. The molecule has 2 aromatic rings. The van der Waals surface area contributed by atoms with Gasteiger partial charge in [-0.25, -0.2) is 9.59 Å². The fraction of sp³-hybridized carbons (Fsp3) is 0.529. The molecule has 4 rings (SSSR count). The molecule has 2 saturated carbocycles. The quantitative estimate of drug-likeness (QED) is 0.318. The lowest BCUT2D eigenvalue weighted by atomic mass is 9.85. The first-order chi connectivity index (χ1) is 19.2. The maximum Gasteiger partial charge on any atom is 0.410 e. The van der Waals surface area contributed by atoms with E-state index >= 15 is 0 Å². The van der Waals surface area contributed by atoms with Gasteiger partial charge in [-0.15, -0.1) is 0 Å². The number of nitrogens with zero attached hydrogens (tertiary/aromatic N) is 1. The summed E-state index contributed by atoms with van der Waals surface area (Å²) in [7, 11) is 1.38. The van der Waals surface area contributed by atoms with Crippen molar-refractivity contribution in [3.05, 3.63) is 76.9 Å². The number of nitrogens with one attached hydrogen (secondary N) is 1. The standard InChI is InChI=1S/C34H46N2O4/c1-6-27(20-24-10-8-7-9-11-24)30-21-31(30)35-22-25-14-18-29(19-15-25)36(33(38)40-34(2,3)4)23-26-12-16-28(17-13-26)32(37)39-5/h7-13,16-17,20,25,29-31,35H,6,14-15,18-19,21-23H2,1-5H3/t25?,29?,30-,31+/m0/s1. The Morgan fingerprint density at radius 1 is 1.00 bits per heavy atom. The number of benzene rings is 2. The molecule has 216 valence electrons. The molecule has 1 amide bonds. The molecule has 1 N–H and O–H groups in total. The minimum atomic E-state index is -0.557. The van der Waals surface area contributed by atoms with Gasteiger partial charge in [0.15, 0.2) is 0 Å². The van der Waals surface area contributed by atoms with Gasteiger partial charge in [0.2, 0.25) is 0 Å². The van der Waals surface area contributed by atoms with Crippen molar-refractivity contribution in [1.29, 1.82) is 0 Å². The van der Waals surface area contributed by atoms with E-state index in [4.69, 9.17) is 9.47 Å². The lowest BCUT2D eigenvalue weighted by molar-refractivity contribution is 0.00796. The molecule has 6 heteroatoms. The zero-order valence-corrected chi connectivity index (χ0v) is 24.8. The van der Waals surface area contributed by atoms with Gasteiger partial charge in [0, 0.05) is 18.6 Å². The van der Waals surface area contributed by atoms with Crippen molar-refractivity contribution in [2.24, 2.45) is 11.8 Å². The summed E-state index contributed by atoms with van der Waals surface area (Å²) >= 11 is 0. The van der Waals surface area contributed by atoms with Crippen molar-refractivity contribution >= 4 is 18.1 Å². The van der Waals surface area contributed by atoms with Gasteiger partial charge in [0.1, 0.15) is 5.60 Å². The number of esters is 1. The molecule has 2 atom stereocenters. The molecule has 6 nitrogen and oxygen atoms in total. The van der Waals surface area contributed by atoms with E-state index in [2.05, 4.69) is 48.6 Å². The molecule has 0 aromatic heterocycles. The van der Waals surface area contributed by atoms with E-state index in [0.29, 0.717) is 30.0 Å². The number of amides is 1. The highest BCUT2D eigenvalue weighted by atomic mass is 16.6. The first-order valence-electron chi connectivity index (χ1n) is 14.8. The molecule has 0 saturated heterocycles. The minimum Gasteiger partial charge on any atom is -0.465 e. The summed E-state index contributed by atoms with van der Waals surface area (Å²) in [5.74, 6) is 0.911. The first kappa shape index (κ1) is 29.9. The second-order valence-corrected chi connectivity index (χ2v) is 12.3. The Bertz CT molecular complexity index is 1140. The zero-order valence-electron chi connectivity index (χ0n) is 24.8. The van der Waals surface area contributed by atoms with E-state index in [-0.39, 0.29) is 18.1 Å². The van der Waals surface area contributed by atoms with E-state index in [1.807, 2.05) is 37.8 Å². The third-order valence-electron chi connectivity index (χ3n) is 8.11. The molecule has 2 aromatic carbocycles.